The lowest BCUT2D eigenvalue weighted by Gasteiger charge is -2.18. The average Bonchev–Trinajstić information content (AvgIpc) is 3.02. The van der Waals surface area contributed by atoms with Crippen molar-refractivity contribution in [2.75, 3.05) is 6.54 Å². The number of aryl methyl sites for hydroxylation is 2. The zero-order valence-electron chi connectivity index (χ0n) is 12.1. The maximum Gasteiger partial charge on any atom is 0.129 e. The third-order valence-corrected chi connectivity index (χ3v) is 5.46. The van der Waals surface area contributed by atoms with Crippen molar-refractivity contribution < 1.29 is 4.39 Å². The number of nitrogens with one attached hydrogen (secondary N) is 1. The predicted molar refractivity (Wildman–Crippen MR) is 87.9 cm³/mol. The van der Waals surface area contributed by atoms with E-state index in [9.17, 15) is 4.39 Å². The van der Waals surface area contributed by atoms with E-state index in [1.54, 1.807) is 12.1 Å². The highest BCUT2D eigenvalue weighted by Gasteiger charge is 2.23. The first kappa shape index (κ1) is 15.0. The van der Waals surface area contributed by atoms with Crippen molar-refractivity contribution in [3.05, 3.63) is 56.0 Å². The van der Waals surface area contributed by atoms with Gasteiger partial charge in [0.15, 0.2) is 0 Å². The zero-order valence-corrected chi connectivity index (χ0v) is 13.7. The van der Waals surface area contributed by atoms with Gasteiger partial charge in [0.05, 0.1) is 6.04 Å². The summed E-state index contributed by atoms with van der Waals surface area (Å²) in [6.07, 6.45) is 4.61. The molecule has 0 radical (unpaired) electrons. The molecule has 0 bridgehead atoms. The SMILES string of the molecule is CCCNC(c1cc2c(s1)CCC2)c1ccc(Cl)cc1F. The number of hydrogen-bond donors (Lipinski definition) is 1. The lowest BCUT2D eigenvalue weighted by atomic mass is 10.0. The number of halogens is 2. The fourth-order valence-corrected chi connectivity index (χ4v) is 4.39. The average molecular weight is 324 g/mol. The molecule has 1 unspecified atom stereocenters. The molecule has 1 aromatic heterocycles. The number of fused-ring (bicyclic) bond motifs is 1. The fraction of sp³-hybridized carbons (Fsp3) is 0.412. The molecule has 112 valence electrons. The van der Waals surface area contributed by atoms with Crippen molar-refractivity contribution in [2.45, 2.75) is 38.6 Å². The van der Waals surface area contributed by atoms with Crippen LogP contribution in [0.15, 0.2) is 24.3 Å². The summed E-state index contributed by atoms with van der Waals surface area (Å²) in [6, 6.07) is 7.16. The summed E-state index contributed by atoms with van der Waals surface area (Å²) in [5.74, 6) is -0.232. The summed E-state index contributed by atoms with van der Waals surface area (Å²) in [4.78, 5) is 2.69. The van der Waals surface area contributed by atoms with Crippen LogP contribution in [0.1, 0.15) is 46.7 Å². The highest BCUT2D eigenvalue weighted by Crippen LogP contribution is 2.37. The Bertz CT molecular complexity index is 616. The lowest BCUT2D eigenvalue weighted by Crippen LogP contribution is -2.23. The van der Waals surface area contributed by atoms with Gasteiger partial charge in [0.1, 0.15) is 5.82 Å². The van der Waals surface area contributed by atoms with Crippen LogP contribution in [0.4, 0.5) is 4.39 Å². The van der Waals surface area contributed by atoms with Crippen LogP contribution < -0.4 is 5.32 Å². The van der Waals surface area contributed by atoms with E-state index in [0.29, 0.717) is 10.6 Å². The molecular formula is C17H19ClFNS. The molecule has 0 aliphatic heterocycles. The summed E-state index contributed by atoms with van der Waals surface area (Å²) < 4.78 is 14.3. The summed E-state index contributed by atoms with van der Waals surface area (Å²) in [7, 11) is 0. The van der Waals surface area contributed by atoms with Crippen LogP contribution in [0.2, 0.25) is 5.02 Å². The minimum Gasteiger partial charge on any atom is -0.306 e. The molecule has 21 heavy (non-hydrogen) atoms. The third-order valence-electron chi connectivity index (χ3n) is 3.92. The second-order valence-electron chi connectivity index (χ2n) is 5.50. The summed E-state index contributed by atoms with van der Waals surface area (Å²) in [6.45, 7) is 2.99. The molecule has 1 aliphatic rings. The van der Waals surface area contributed by atoms with Gasteiger partial charge in [-0.2, -0.15) is 0 Å². The monoisotopic (exact) mass is 323 g/mol. The van der Waals surface area contributed by atoms with Crippen LogP contribution in [0.5, 0.6) is 0 Å². The molecule has 1 heterocycles. The molecule has 2 aromatic rings. The Morgan fingerprint density at radius 1 is 1.33 bits per heavy atom. The van der Waals surface area contributed by atoms with Gasteiger partial charge in [0, 0.05) is 20.3 Å². The van der Waals surface area contributed by atoms with E-state index >= 15 is 0 Å². The van der Waals surface area contributed by atoms with Crippen LogP contribution in [-0.4, -0.2) is 6.54 Å². The van der Waals surface area contributed by atoms with Crippen molar-refractivity contribution in [3.63, 3.8) is 0 Å². The minimum atomic E-state index is -0.232. The predicted octanol–water partition coefficient (Wildman–Crippen LogP) is 5.12. The first-order valence-electron chi connectivity index (χ1n) is 7.49. The first-order chi connectivity index (χ1) is 10.2. The molecule has 1 aromatic carbocycles. The Morgan fingerprint density at radius 3 is 2.90 bits per heavy atom. The van der Waals surface area contributed by atoms with E-state index in [1.165, 1.54) is 34.2 Å². The molecule has 1 aliphatic carbocycles. The van der Waals surface area contributed by atoms with Crippen LogP contribution >= 0.6 is 22.9 Å². The molecule has 1 atom stereocenters. The van der Waals surface area contributed by atoms with E-state index in [2.05, 4.69) is 18.3 Å². The van der Waals surface area contributed by atoms with Crippen molar-refractivity contribution >= 4 is 22.9 Å². The molecule has 0 amide bonds. The maximum atomic E-state index is 14.3. The second kappa shape index (κ2) is 6.47. The quantitative estimate of drug-likeness (QED) is 0.805. The van der Waals surface area contributed by atoms with Gasteiger partial charge < -0.3 is 5.32 Å². The molecule has 4 heteroatoms. The van der Waals surface area contributed by atoms with Gasteiger partial charge in [-0.3, -0.25) is 0 Å². The van der Waals surface area contributed by atoms with Crippen molar-refractivity contribution in [3.8, 4) is 0 Å². The minimum absolute atomic E-state index is 0.0715. The van der Waals surface area contributed by atoms with E-state index in [4.69, 9.17) is 11.6 Å². The number of hydrogen-bond acceptors (Lipinski definition) is 2. The topological polar surface area (TPSA) is 12.0 Å². The second-order valence-corrected chi connectivity index (χ2v) is 7.11. The van der Waals surface area contributed by atoms with Gasteiger partial charge in [-0.1, -0.05) is 24.6 Å². The van der Waals surface area contributed by atoms with E-state index in [0.717, 1.165) is 19.4 Å². The number of thiophene rings is 1. The van der Waals surface area contributed by atoms with Gasteiger partial charge in [-0.05, 0) is 56.0 Å². The molecule has 0 fully saturated rings. The maximum absolute atomic E-state index is 14.3. The van der Waals surface area contributed by atoms with Crippen LogP contribution in [-0.2, 0) is 12.8 Å². The smallest absolute Gasteiger partial charge is 0.129 e. The standard InChI is InChI=1S/C17H19ClFNS/c1-2-8-20-17(13-7-6-12(18)10-14(13)19)16-9-11-4-3-5-15(11)21-16/h6-7,9-10,17,20H,2-5,8H2,1H3. The van der Waals surface area contributed by atoms with Gasteiger partial charge in [0.25, 0.3) is 0 Å². The lowest BCUT2D eigenvalue weighted by molar-refractivity contribution is 0.551. The third kappa shape index (κ3) is 3.15. The van der Waals surface area contributed by atoms with Gasteiger partial charge in [-0.25, -0.2) is 4.39 Å². The normalized spacial score (nSPS) is 15.2. The van der Waals surface area contributed by atoms with Crippen molar-refractivity contribution in [1.29, 1.82) is 0 Å². The van der Waals surface area contributed by atoms with E-state index in [-0.39, 0.29) is 11.9 Å². The summed E-state index contributed by atoms with van der Waals surface area (Å²) in [5.41, 5.74) is 2.14. The molecule has 1 nitrogen and oxygen atoms in total. The highest BCUT2D eigenvalue weighted by molar-refractivity contribution is 7.12. The van der Waals surface area contributed by atoms with E-state index in [1.807, 2.05) is 11.3 Å². The zero-order chi connectivity index (χ0) is 14.8. The van der Waals surface area contributed by atoms with Gasteiger partial charge in [0.2, 0.25) is 0 Å². The van der Waals surface area contributed by atoms with Gasteiger partial charge >= 0.3 is 0 Å². The van der Waals surface area contributed by atoms with Crippen LogP contribution in [0.25, 0.3) is 0 Å². The van der Waals surface area contributed by atoms with Crippen LogP contribution in [0, 0.1) is 5.82 Å². The Balaban J connectivity index is 1.96. The van der Waals surface area contributed by atoms with Crippen LogP contribution in [0.3, 0.4) is 0 Å². The molecule has 3 rings (SSSR count). The Kier molecular flexibility index (Phi) is 4.63. The summed E-state index contributed by atoms with van der Waals surface area (Å²) >= 11 is 7.70. The van der Waals surface area contributed by atoms with E-state index < -0.39 is 0 Å². The molecule has 0 spiro atoms. The molecule has 0 saturated heterocycles. The van der Waals surface area contributed by atoms with Crippen molar-refractivity contribution in [2.24, 2.45) is 0 Å². The largest absolute Gasteiger partial charge is 0.306 e. The Hall–Kier alpha value is -0.900. The molecular weight excluding hydrogens is 305 g/mol. The number of rotatable bonds is 5. The molecule has 0 saturated carbocycles. The highest BCUT2D eigenvalue weighted by atomic mass is 35.5. The first-order valence-corrected chi connectivity index (χ1v) is 8.68. The molecule has 1 N–H and O–H groups in total. The summed E-state index contributed by atoms with van der Waals surface area (Å²) in [5, 5.41) is 3.92. The number of benzene rings is 1. The Labute approximate surface area is 134 Å². The fourth-order valence-electron chi connectivity index (χ4n) is 2.88. The Morgan fingerprint density at radius 2 is 2.19 bits per heavy atom. The van der Waals surface area contributed by atoms with Crippen molar-refractivity contribution in [1.82, 2.24) is 5.32 Å². The van der Waals surface area contributed by atoms with Gasteiger partial charge in [-0.15, -0.1) is 11.3 Å².